The van der Waals surface area contributed by atoms with Crippen LogP contribution in [0.5, 0.6) is 0 Å². The van der Waals surface area contributed by atoms with Crippen LogP contribution in [0.4, 0.5) is 9.59 Å². The Labute approximate surface area is 309 Å². The second kappa shape index (κ2) is 12.6. The van der Waals surface area contributed by atoms with Crippen molar-refractivity contribution in [3.05, 3.63) is 84.4 Å². The molecule has 1 aliphatic carbocycles. The lowest BCUT2D eigenvalue weighted by atomic mass is 9.75. The fourth-order valence-electron chi connectivity index (χ4n) is 7.76. The number of hydrogen-bond donors (Lipinski definition) is 2. The van der Waals surface area contributed by atoms with Gasteiger partial charge in [-0.15, -0.1) is 0 Å². The zero-order valence-corrected chi connectivity index (χ0v) is 31.7. The van der Waals surface area contributed by atoms with Crippen molar-refractivity contribution < 1.29 is 19.1 Å². The Kier molecular flexibility index (Phi) is 8.27. The second-order valence-electron chi connectivity index (χ2n) is 16.7. The quantitative estimate of drug-likeness (QED) is 0.184. The largest absolute Gasteiger partial charge is 0.444 e. The molecule has 10 nitrogen and oxygen atoms in total. The number of fused-ring (bicyclic) bond motifs is 4. The van der Waals surface area contributed by atoms with Gasteiger partial charge in [0.1, 0.15) is 28.4 Å². The zero-order chi connectivity index (χ0) is 37.3. The Morgan fingerprint density at radius 3 is 2.09 bits per heavy atom. The number of likely N-dealkylation sites (tertiary alicyclic amines) is 1. The zero-order valence-electron chi connectivity index (χ0n) is 31.7. The average Bonchev–Trinajstić information content (AvgIpc) is 3.84. The summed E-state index contributed by atoms with van der Waals surface area (Å²) in [7, 11) is 1.82. The summed E-state index contributed by atoms with van der Waals surface area (Å²) in [6.45, 7) is 12.0. The Balaban J connectivity index is 1.02. The normalized spacial score (nSPS) is 17.3. The number of aromatic nitrogens is 4. The van der Waals surface area contributed by atoms with Crippen LogP contribution in [-0.4, -0.2) is 66.7 Å². The van der Waals surface area contributed by atoms with Crippen LogP contribution in [0.1, 0.15) is 91.3 Å². The van der Waals surface area contributed by atoms with Crippen LogP contribution in [0.15, 0.2) is 72.8 Å². The molecule has 3 heterocycles. The number of ether oxygens (including phenoxy) is 2. The number of nitrogens with one attached hydrogen (secondary N) is 2. The first-order valence-corrected chi connectivity index (χ1v) is 18.7. The minimum absolute atomic E-state index is 0.133. The molecule has 1 saturated heterocycles. The number of carbonyl (C=O) groups excluding carboxylic acids is 2. The lowest BCUT2D eigenvalue weighted by Crippen LogP contribution is -2.53. The first kappa shape index (κ1) is 34.7. The number of carbonyl (C=O) groups is 2. The fourth-order valence-corrected chi connectivity index (χ4v) is 7.76. The molecule has 8 rings (SSSR count). The monoisotopic (exact) mass is 712 g/mol. The first-order chi connectivity index (χ1) is 25.2. The minimum Gasteiger partial charge on any atom is -0.444 e. The number of benzene rings is 4. The van der Waals surface area contributed by atoms with E-state index in [0.29, 0.717) is 6.54 Å². The summed E-state index contributed by atoms with van der Waals surface area (Å²) in [5.74, 6) is 1.61. The molecule has 2 aromatic heterocycles. The average molecular weight is 713 g/mol. The first-order valence-electron chi connectivity index (χ1n) is 18.7. The van der Waals surface area contributed by atoms with Crippen molar-refractivity contribution >= 4 is 45.0 Å². The van der Waals surface area contributed by atoms with Gasteiger partial charge in [-0.05, 0) is 126 Å². The van der Waals surface area contributed by atoms with Gasteiger partial charge in [0.2, 0.25) is 0 Å². The number of hydrogen-bond acceptors (Lipinski definition) is 6. The maximum atomic E-state index is 13.0. The number of nitrogens with zero attached hydrogens (tertiary/aromatic N) is 4. The van der Waals surface area contributed by atoms with Gasteiger partial charge in [-0.1, -0.05) is 48.5 Å². The molecule has 1 saturated carbocycles. The fraction of sp³-hybridized carbons (Fsp3) is 0.395. The van der Waals surface area contributed by atoms with Gasteiger partial charge in [0.25, 0.3) is 0 Å². The number of amides is 2. The highest BCUT2D eigenvalue weighted by Crippen LogP contribution is 2.46. The van der Waals surface area contributed by atoms with E-state index in [0.717, 1.165) is 98.8 Å². The molecule has 0 bridgehead atoms. The molecule has 0 spiro atoms. The van der Waals surface area contributed by atoms with Crippen molar-refractivity contribution in [2.24, 2.45) is 0 Å². The van der Waals surface area contributed by atoms with Crippen molar-refractivity contribution in [1.82, 2.24) is 29.7 Å². The van der Waals surface area contributed by atoms with E-state index in [4.69, 9.17) is 19.4 Å². The maximum absolute atomic E-state index is 13.0. The standard InChI is InChI=1S/C43H48N6O4/c1-41(2,3)52-39(50)48(7)43(21-9-22-43)38-45-32-19-16-29(25-34(32)46-38)27-13-11-26(12-14-27)28-15-18-31-30(24-28)17-20-33-36(31)47-37(44-33)35-10-8-23-49(35)40(51)53-42(4,5)6/h11-20,24-25,35H,8-10,21-23H2,1-7H3,(H,44,47)(H,45,46)/t35-/m0/s1. The van der Waals surface area contributed by atoms with Crippen molar-refractivity contribution in [3.8, 4) is 22.3 Å². The van der Waals surface area contributed by atoms with Gasteiger partial charge < -0.3 is 19.4 Å². The Hall–Kier alpha value is -5.38. The molecule has 53 heavy (non-hydrogen) atoms. The summed E-state index contributed by atoms with van der Waals surface area (Å²) in [5, 5.41) is 2.18. The highest BCUT2D eigenvalue weighted by Gasteiger charge is 2.48. The molecular formula is C43H48N6O4. The molecule has 6 aromatic rings. The van der Waals surface area contributed by atoms with E-state index < -0.39 is 16.7 Å². The molecule has 2 amide bonds. The van der Waals surface area contributed by atoms with Gasteiger partial charge in [0.05, 0.1) is 28.1 Å². The molecule has 274 valence electrons. The van der Waals surface area contributed by atoms with Crippen LogP contribution in [-0.2, 0) is 15.0 Å². The summed E-state index contributed by atoms with van der Waals surface area (Å²) < 4.78 is 11.4. The third-order valence-corrected chi connectivity index (χ3v) is 10.6. The topological polar surface area (TPSA) is 116 Å². The Bertz CT molecular complexity index is 2360. The maximum Gasteiger partial charge on any atom is 0.410 e. The summed E-state index contributed by atoms with van der Waals surface area (Å²) in [4.78, 5) is 46.5. The van der Waals surface area contributed by atoms with Gasteiger partial charge in [-0.3, -0.25) is 9.80 Å². The smallest absolute Gasteiger partial charge is 0.410 e. The van der Waals surface area contributed by atoms with Gasteiger partial charge in [0, 0.05) is 19.0 Å². The van der Waals surface area contributed by atoms with E-state index in [2.05, 4.69) is 76.7 Å². The van der Waals surface area contributed by atoms with Gasteiger partial charge in [0.15, 0.2) is 0 Å². The van der Waals surface area contributed by atoms with Crippen LogP contribution in [0.2, 0.25) is 0 Å². The lowest BCUT2D eigenvalue weighted by Gasteiger charge is -2.46. The summed E-state index contributed by atoms with van der Waals surface area (Å²) in [5.41, 5.74) is 6.53. The molecule has 4 aromatic carbocycles. The molecule has 2 aliphatic rings. The second-order valence-corrected chi connectivity index (χ2v) is 16.7. The van der Waals surface area contributed by atoms with Crippen LogP contribution in [0, 0.1) is 0 Å². The summed E-state index contributed by atoms with van der Waals surface area (Å²) in [6, 6.07) is 25.5. The van der Waals surface area contributed by atoms with E-state index in [1.54, 1.807) is 9.80 Å². The van der Waals surface area contributed by atoms with Gasteiger partial charge in [-0.25, -0.2) is 19.6 Å². The number of aromatic amines is 2. The molecule has 2 N–H and O–H groups in total. The molecule has 2 fully saturated rings. The Morgan fingerprint density at radius 1 is 0.774 bits per heavy atom. The van der Waals surface area contributed by atoms with Crippen LogP contribution < -0.4 is 0 Å². The number of rotatable bonds is 5. The number of H-pyrrole nitrogens is 2. The predicted octanol–water partition coefficient (Wildman–Crippen LogP) is 10.2. The van der Waals surface area contributed by atoms with Crippen molar-refractivity contribution in [2.45, 2.75) is 96.4 Å². The molecular weight excluding hydrogens is 665 g/mol. The third kappa shape index (κ3) is 6.49. The molecule has 0 radical (unpaired) electrons. The molecule has 10 heteroatoms. The number of imidazole rings is 2. The molecule has 1 atom stereocenters. The highest BCUT2D eigenvalue weighted by atomic mass is 16.6. The van der Waals surface area contributed by atoms with Gasteiger partial charge in [-0.2, -0.15) is 0 Å². The summed E-state index contributed by atoms with van der Waals surface area (Å²) >= 11 is 0. The Morgan fingerprint density at radius 2 is 1.43 bits per heavy atom. The van der Waals surface area contributed by atoms with Crippen molar-refractivity contribution in [1.29, 1.82) is 0 Å². The van der Waals surface area contributed by atoms with Crippen LogP contribution in [0.25, 0.3) is 55.1 Å². The summed E-state index contributed by atoms with van der Waals surface area (Å²) in [6.07, 6.45) is 3.85. The van der Waals surface area contributed by atoms with Gasteiger partial charge >= 0.3 is 12.2 Å². The SMILES string of the molecule is CN(C(=O)OC(C)(C)C)C1(c2nc3ccc(-c4ccc(-c5ccc6c(ccc7[nH]c([C@@H]8CCCN8C(=O)OC(C)(C)C)nc76)c5)cc4)cc3[nH]2)CCC1. The predicted molar refractivity (Wildman–Crippen MR) is 209 cm³/mol. The van der Waals surface area contributed by atoms with E-state index >= 15 is 0 Å². The van der Waals surface area contributed by atoms with E-state index in [1.807, 2.05) is 54.7 Å². The third-order valence-electron chi connectivity index (χ3n) is 10.6. The van der Waals surface area contributed by atoms with Crippen molar-refractivity contribution in [3.63, 3.8) is 0 Å². The van der Waals surface area contributed by atoms with Crippen LogP contribution in [0.3, 0.4) is 0 Å². The van der Waals surface area contributed by atoms with E-state index in [-0.39, 0.29) is 18.2 Å². The minimum atomic E-state index is -0.565. The molecule has 0 unspecified atom stereocenters. The highest BCUT2D eigenvalue weighted by molar-refractivity contribution is 6.05. The lowest BCUT2D eigenvalue weighted by molar-refractivity contribution is -0.0212. The van der Waals surface area contributed by atoms with Crippen molar-refractivity contribution in [2.75, 3.05) is 13.6 Å². The van der Waals surface area contributed by atoms with Crippen LogP contribution >= 0.6 is 0 Å². The van der Waals surface area contributed by atoms with E-state index in [9.17, 15) is 9.59 Å². The molecule has 1 aliphatic heterocycles. The van der Waals surface area contributed by atoms with E-state index in [1.165, 1.54) is 0 Å².